The SMILES string of the molecule is CC1CC(=O)N(CCC(=O)CCCOCCOCCC(=O)NC(C(=O)O)C(C)C)C1=O. The molecule has 0 aromatic carbocycles. The van der Waals surface area contributed by atoms with Gasteiger partial charge in [-0.05, 0) is 12.3 Å². The molecule has 1 aliphatic heterocycles. The summed E-state index contributed by atoms with van der Waals surface area (Å²) in [5.74, 6) is -2.40. The highest BCUT2D eigenvalue weighted by Crippen LogP contribution is 2.18. The van der Waals surface area contributed by atoms with Crippen LogP contribution in [0.5, 0.6) is 0 Å². The molecule has 176 valence electrons. The minimum absolute atomic E-state index is 0.0212. The second-order valence-corrected chi connectivity index (χ2v) is 7.98. The highest BCUT2D eigenvalue weighted by Gasteiger charge is 2.35. The van der Waals surface area contributed by atoms with E-state index in [-0.39, 0.29) is 74.4 Å². The van der Waals surface area contributed by atoms with Gasteiger partial charge in [0.1, 0.15) is 11.8 Å². The Bertz CT molecular complexity index is 649. The lowest BCUT2D eigenvalue weighted by Gasteiger charge is -2.17. The maximum atomic E-state index is 11.9. The molecular formula is C21H34N2O8. The lowest BCUT2D eigenvalue weighted by molar-refractivity contribution is -0.143. The molecule has 0 aromatic heterocycles. The molecule has 0 aliphatic carbocycles. The molecule has 1 saturated heterocycles. The Hall–Kier alpha value is -2.33. The summed E-state index contributed by atoms with van der Waals surface area (Å²) in [6, 6.07) is -0.918. The van der Waals surface area contributed by atoms with Gasteiger partial charge >= 0.3 is 5.97 Å². The molecule has 1 aliphatic rings. The van der Waals surface area contributed by atoms with E-state index >= 15 is 0 Å². The summed E-state index contributed by atoms with van der Waals surface area (Å²) in [6.45, 7) is 6.42. The van der Waals surface area contributed by atoms with Crippen molar-refractivity contribution < 1.29 is 38.6 Å². The topological polar surface area (TPSA) is 139 Å². The average molecular weight is 443 g/mol. The number of carbonyl (C=O) groups is 5. The molecule has 0 spiro atoms. The number of carbonyl (C=O) groups excluding carboxylic acids is 4. The number of nitrogens with one attached hydrogen (secondary N) is 1. The molecule has 3 amide bonds. The average Bonchev–Trinajstić information content (AvgIpc) is 2.93. The number of imide groups is 1. The Labute approximate surface area is 182 Å². The van der Waals surface area contributed by atoms with Crippen molar-refractivity contribution >= 4 is 29.5 Å². The van der Waals surface area contributed by atoms with E-state index in [2.05, 4.69) is 5.32 Å². The van der Waals surface area contributed by atoms with Crippen molar-refractivity contribution in [1.29, 1.82) is 0 Å². The zero-order valence-corrected chi connectivity index (χ0v) is 18.6. The van der Waals surface area contributed by atoms with Gasteiger partial charge in [-0.15, -0.1) is 0 Å². The highest BCUT2D eigenvalue weighted by atomic mass is 16.5. The van der Waals surface area contributed by atoms with Gasteiger partial charge in [-0.2, -0.15) is 0 Å². The summed E-state index contributed by atoms with van der Waals surface area (Å²) in [4.78, 5) is 59.3. The van der Waals surface area contributed by atoms with Gasteiger partial charge in [0, 0.05) is 44.8 Å². The first-order valence-electron chi connectivity index (χ1n) is 10.7. The molecule has 2 unspecified atom stereocenters. The number of likely N-dealkylation sites (tertiary alicyclic amines) is 1. The summed E-state index contributed by atoms with van der Waals surface area (Å²) >= 11 is 0. The molecule has 2 N–H and O–H groups in total. The molecule has 31 heavy (non-hydrogen) atoms. The van der Waals surface area contributed by atoms with Gasteiger partial charge in [-0.3, -0.25) is 24.1 Å². The van der Waals surface area contributed by atoms with E-state index in [1.807, 2.05) is 0 Å². The fourth-order valence-corrected chi connectivity index (χ4v) is 3.06. The van der Waals surface area contributed by atoms with E-state index < -0.39 is 12.0 Å². The number of ketones is 1. The number of rotatable bonds is 16. The lowest BCUT2D eigenvalue weighted by Crippen LogP contribution is -2.44. The number of aliphatic carboxylic acids is 1. The Balaban J connectivity index is 2.00. The van der Waals surface area contributed by atoms with Crippen molar-refractivity contribution in [3.05, 3.63) is 0 Å². The van der Waals surface area contributed by atoms with Crippen LogP contribution in [0.25, 0.3) is 0 Å². The molecule has 1 rings (SSSR count). The largest absolute Gasteiger partial charge is 0.480 e. The van der Waals surface area contributed by atoms with Crippen LogP contribution in [0.4, 0.5) is 0 Å². The predicted octanol–water partition coefficient (Wildman–Crippen LogP) is 0.770. The molecule has 10 nitrogen and oxygen atoms in total. The molecule has 2 atom stereocenters. The van der Waals surface area contributed by atoms with E-state index in [1.165, 1.54) is 4.90 Å². The second kappa shape index (κ2) is 13.9. The number of ether oxygens (including phenoxy) is 2. The number of carboxylic acid groups (broad SMARTS) is 1. The first kappa shape index (κ1) is 26.7. The summed E-state index contributed by atoms with van der Waals surface area (Å²) in [5, 5.41) is 11.5. The zero-order chi connectivity index (χ0) is 23.4. The number of Topliss-reactive ketones (excluding diaryl/α,β-unsaturated/α-hetero) is 1. The van der Waals surface area contributed by atoms with Crippen LogP contribution in [0.15, 0.2) is 0 Å². The predicted molar refractivity (Wildman–Crippen MR) is 110 cm³/mol. The van der Waals surface area contributed by atoms with Crippen molar-refractivity contribution in [3.63, 3.8) is 0 Å². The fourth-order valence-electron chi connectivity index (χ4n) is 3.06. The highest BCUT2D eigenvalue weighted by molar-refractivity contribution is 6.03. The molecule has 1 fully saturated rings. The molecule has 0 saturated carbocycles. The third-order valence-electron chi connectivity index (χ3n) is 4.92. The summed E-state index contributed by atoms with van der Waals surface area (Å²) in [6.07, 6.45) is 1.29. The second-order valence-electron chi connectivity index (χ2n) is 7.98. The van der Waals surface area contributed by atoms with E-state index in [0.29, 0.717) is 26.1 Å². The van der Waals surface area contributed by atoms with Crippen LogP contribution in [0.2, 0.25) is 0 Å². The van der Waals surface area contributed by atoms with Gasteiger partial charge in [0.2, 0.25) is 17.7 Å². The van der Waals surface area contributed by atoms with Crippen LogP contribution in [-0.2, 0) is 33.4 Å². The van der Waals surface area contributed by atoms with Crippen molar-refractivity contribution in [2.75, 3.05) is 33.0 Å². The Morgan fingerprint density at radius 3 is 2.26 bits per heavy atom. The third-order valence-corrected chi connectivity index (χ3v) is 4.92. The van der Waals surface area contributed by atoms with E-state index in [9.17, 15) is 24.0 Å². The minimum Gasteiger partial charge on any atom is -0.480 e. The smallest absolute Gasteiger partial charge is 0.326 e. The van der Waals surface area contributed by atoms with Crippen LogP contribution in [-0.4, -0.2) is 78.5 Å². The maximum absolute atomic E-state index is 11.9. The fraction of sp³-hybridized carbons (Fsp3) is 0.762. The van der Waals surface area contributed by atoms with Crippen molar-refractivity contribution in [2.24, 2.45) is 11.8 Å². The summed E-state index contributed by atoms with van der Waals surface area (Å²) < 4.78 is 10.7. The van der Waals surface area contributed by atoms with Crippen LogP contribution in [0.3, 0.4) is 0 Å². The zero-order valence-electron chi connectivity index (χ0n) is 18.6. The van der Waals surface area contributed by atoms with Crippen LogP contribution < -0.4 is 5.32 Å². The van der Waals surface area contributed by atoms with Gasteiger partial charge in [0.05, 0.1) is 19.8 Å². The van der Waals surface area contributed by atoms with Gasteiger partial charge in [0.15, 0.2) is 0 Å². The first-order chi connectivity index (χ1) is 14.6. The Morgan fingerprint density at radius 1 is 1.06 bits per heavy atom. The van der Waals surface area contributed by atoms with Crippen LogP contribution in [0.1, 0.15) is 52.9 Å². The standard InChI is InChI=1S/C21H34N2O8/c1-14(2)19(21(28)29)22-17(25)7-10-31-12-11-30-9-4-5-16(24)6-8-23-18(26)13-15(3)20(23)27/h14-15,19H,4-13H2,1-3H3,(H,22,25)(H,28,29). The van der Waals surface area contributed by atoms with Gasteiger partial charge < -0.3 is 19.9 Å². The monoisotopic (exact) mass is 442 g/mol. The number of nitrogens with zero attached hydrogens (tertiary/aromatic N) is 1. The molecule has 10 heteroatoms. The third kappa shape index (κ3) is 10.0. The molecule has 0 aromatic rings. The maximum Gasteiger partial charge on any atom is 0.326 e. The molecular weight excluding hydrogens is 408 g/mol. The minimum atomic E-state index is -1.07. The normalized spacial score (nSPS) is 17.3. The summed E-state index contributed by atoms with van der Waals surface area (Å²) in [7, 11) is 0. The van der Waals surface area contributed by atoms with Crippen molar-refractivity contribution in [1.82, 2.24) is 10.2 Å². The van der Waals surface area contributed by atoms with E-state index in [0.717, 1.165) is 0 Å². The van der Waals surface area contributed by atoms with Gasteiger partial charge in [0.25, 0.3) is 0 Å². The first-order valence-corrected chi connectivity index (χ1v) is 10.7. The molecule has 0 radical (unpaired) electrons. The molecule has 0 bridgehead atoms. The van der Waals surface area contributed by atoms with Crippen LogP contribution >= 0.6 is 0 Å². The number of amides is 3. The van der Waals surface area contributed by atoms with Gasteiger partial charge in [-0.1, -0.05) is 20.8 Å². The molecule has 1 heterocycles. The van der Waals surface area contributed by atoms with Crippen molar-refractivity contribution in [2.45, 2.75) is 58.9 Å². The quantitative estimate of drug-likeness (QED) is 0.264. The number of carboxylic acids is 1. The van der Waals surface area contributed by atoms with E-state index in [1.54, 1.807) is 20.8 Å². The summed E-state index contributed by atoms with van der Waals surface area (Å²) in [5.41, 5.74) is 0. The Morgan fingerprint density at radius 2 is 1.71 bits per heavy atom. The van der Waals surface area contributed by atoms with Crippen LogP contribution in [0, 0.1) is 11.8 Å². The lowest BCUT2D eigenvalue weighted by atomic mass is 10.0. The van der Waals surface area contributed by atoms with E-state index in [4.69, 9.17) is 14.6 Å². The number of hydrogen-bond acceptors (Lipinski definition) is 7. The number of hydrogen-bond donors (Lipinski definition) is 2. The van der Waals surface area contributed by atoms with Crippen molar-refractivity contribution in [3.8, 4) is 0 Å². The van der Waals surface area contributed by atoms with Gasteiger partial charge in [-0.25, -0.2) is 4.79 Å². The Kier molecular flexibility index (Phi) is 11.9.